The summed E-state index contributed by atoms with van der Waals surface area (Å²) in [6, 6.07) is 91.4. The van der Waals surface area contributed by atoms with Crippen LogP contribution in [0.15, 0.2) is 243 Å². The maximum absolute atomic E-state index is 2.64. The van der Waals surface area contributed by atoms with Crippen LogP contribution >= 0.6 is 11.3 Å². The van der Waals surface area contributed by atoms with E-state index in [1.54, 1.807) is 0 Å². The lowest BCUT2D eigenvalue weighted by molar-refractivity contribution is 0.660. The van der Waals surface area contributed by atoms with Crippen LogP contribution < -0.4 is 4.90 Å². The van der Waals surface area contributed by atoms with E-state index in [9.17, 15) is 0 Å². The first-order valence-corrected chi connectivity index (χ1v) is 25.6. The molecule has 71 heavy (non-hydrogen) atoms. The minimum absolute atomic E-state index is 0.210. The number of aromatic nitrogens is 1. The summed E-state index contributed by atoms with van der Waals surface area (Å²) in [6.45, 7) is 4.80. The molecule has 2 aliphatic rings. The second-order valence-electron chi connectivity index (χ2n) is 19.9. The van der Waals surface area contributed by atoms with E-state index in [-0.39, 0.29) is 5.41 Å². The molecule has 2 aromatic heterocycles. The monoisotopic (exact) mass is 922 g/mol. The molecule has 0 bridgehead atoms. The van der Waals surface area contributed by atoms with Crippen LogP contribution in [-0.2, 0) is 10.8 Å². The van der Waals surface area contributed by atoms with Crippen LogP contribution in [0.2, 0.25) is 0 Å². The van der Waals surface area contributed by atoms with Crippen molar-refractivity contribution >= 4 is 81.1 Å². The average Bonchev–Trinajstić information content (AvgIpc) is 4.15. The molecule has 0 amide bonds. The molecule has 0 saturated carbocycles. The second-order valence-corrected chi connectivity index (χ2v) is 21.0. The predicted octanol–water partition coefficient (Wildman–Crippen LogP) is 18.4. The van der Waals surface area contributed by atoms with E-state index in [1.165, 1.54) is 103 Å². The summed E-state index contributed by atoms with van der Waals surface area (Å²) >= 11 is 1.90. The van der Waals surface area contributed by atoms with Gasteiger partial charge in [0.05, 0.1) is 27.8 Å². The molecular formula is C68H46N2S. The highest BCUT2D eigenvalue weighted by Crippen LogP contribution is 2.59. The van der Waals surface area contributed by atoms with Crippen LogP contribution in [0.3, 0.4) is 0 Å². The van der Waals surface area contributed by atoms with Crippen molar-refractivity contribution in [3.8, 4) is 27.9 Å². The van der Waals surface area contributed by atoms with Gasteiger partial charge in [0, 0.05) is 47.7 Å². The van der Waals surface area contributed by atoms with Gasteiger partial charge in [-0.3, -0.25) is 0 Å². The Morgan fingerprint density at radius 2 is 1.03 bits per heavy atom. The number of para-hydroxylation sites is 2. The van der Waals surface area contributed by atoms with E-state index in [1.807, 2.05) is 11.3 Å². The quantitative estimate of drug-likeness (QED) is 0.161. The Morgan fingerprint density at radius 1 is 0.408 bits per heavy atom. The second kappa shape index (κ2) is 15.0. The number of hydrogen-bond donors (Lipinski definition) is 0. The molecule has 2 nitrogen and oxygen atoms in total. The van der Waals surface area contributed by atoms with E-state index in [0.717, 1.165) is 28.3 Å². The summed E-state index contributed by atoms with van der Waals surface area (Å²) in [5, 5.41) is 7.51. The maximum Gasteiger partial charge on any atom is 0.0782 e. The first-order chi connectivity index (χ1) is 35.0. The molecule has 0 radical (unpaired) electrons. The van der Waals surface area contributed by atoms with Crippen molar-refractivity contribution in [3.05, 3.63) is 276 Å². The van der Waals surface area contributed by atoms with Crippen molar-refractivity contribution in [2.45, 2.75) is 24.7 Å². The van der Waals surface area contributed by atoms with Crippen LogP contribution in [0.1, 0.15) is 47.2 Å². The van der Waals surface area contributed by atoms with Gasteiger partial charge in [0.1, 0.15) is 0 Å². The van der Waals surface area contributed by atoms with Crippen molar-refractivity contribution in [1.82, 2.24) is 4.57 Å². The summed E-state index contributed by atoms with van der Waals surface area (Å²) in [4.78, 5) is 2.64. The number of thiophene rings is 1. The third-order valence-corrected chi connectivity index (χ3v) is 17.2. The zero-order valence-corrected chi connectivity index (χ0v) is 40.2. The fourth-order valence-electron chi connectivity index (χ4n) is 13.0. The van der Waals surface area contributed by atoms with Crippen molar-refractivity contribution in [2.24, 2.45) is 0 Å². The Kier molecular flexibility index (Phi) is 8.53. The molecule has 2 heterocycles. The minimum atomic E-state index is -0.638. The Bertz CT molecular complexity index is 4280. The topological polar surface area (TPSA) is 8.17 Å². The maximum atomic E-state index is 2.64. The lowest BCUT2D eigenvalue weighted by Gasteiger charge is -2.36. The van der Waals surface area contributed by atoms with Gasteiger partial charge in [-0.25, -0.2) is 0 Å². The molecule has 15 rings (SSSR count). The lowest BCUT2D eigenvalue weighted by Crippen LogP contribution is -2.29. The van der Waals surface area contributed by atoms with Crippen molar-refractivity contribution < 1.29 is 0 Å². The summed E-state index contributed by atoms with van der Waals surface area (Å²) in [5.41, 5.74) is 19.0. The first-order valence-electron chi connectivity index (χ1n) is 24.8. The minimum Gasteiger partial charge on any atom is -0.308 e. The van der Waals surface area contributed by atoms with Crippen LogP contribution in [0.4, 0.5) is 17.1 Å². The molecule has 0 saturated heterocycles. The molecule has 2 aliphatic carbocycles. The van der Waals surface area contributed by atoms with E-state index < -0.39 is 5.41 Å². The molecule has 0 atom stereocenters. The summed E-state index contributed by atoms with van der Waals surface area (Å²) in [7, 11) is 0. The number of anilines is 3. The fraction of sp³-hybridized carbons (Fsp3) is 0.0588. The zero-order chi connectivity index (χ0) is 47.0. The van der Waals surface area contributed by atoms with Gasteiger partial charge in [-0.1, -0.05) is 202 Å². The van der Waals surface area contributed by atoms with E-state index >= 15 is 0 Å². The highest BCUT2D eigenvalue weighted by molar-refractivity contribution is 7.26. The van der Waals surface area contributed by atoms with Crippen molar-refractivity contribution in [1.29, 1.82) is 0 Å². The summed E-state index contributed by atoms with van der Waals surface area (Å²) in [6.07, 6.45) is 0. The van der Waals surface area contributed by atoms with E-state index in [4.69, 9.17) is 0 Å². The van der Waals surface area contributed by atoms with Crippen LogP contribution in [0.25, 0.3) is 80.7 Å². The Morgan fingerprint density at radius 3 is 1.79 bits per heavy atom. The highest BCUT2D eigenvalue weighted by Gasteiger charge is 2.47. The van der Waals surface area contributed by atoms with Gasteiger partial charge in [0.2, 0.25) is 0 Å². The summed E-state index contributed by atoms with van der Waals surface area (Å²) < 4.78 is 5.10. The molecule has 0 N–H and O–H groups in total. The van der Waals surface area contributed by atoms with Crippen LogP contribution in [0, 0.1) is 0 Å². The Balaban J connectivity index is 1.15. The first kappa shape index (κ1) is 40.4. The summed E-state index contributed by atoms with van der Waals surface area (Å²) in [5.74, 6) is 0. The highest BCUT2D eigenvalue weighted by atomic mass is 32.1. The van der Waals surface area contributed by atoms with E-state index in [0.29, 0.717) is 0 Å². The van der Waals surface area contributed by atoms with Gasteiger partial charge in [0.15, 0.2) is 0 Å². The largest absolute Gasteiger partial charge is 0.308 e. The standard InChI is InChI=1S/C68H46N2S/c1-67(2)56-30-15-11-26-49(56)52-39-37-47(42-59(52)67)69(61-34-19-35-63-64(61)54-38-36-43-20-9-10-25-48(43)66(54)71-63)62-41-45(40-55-53-29-14-18-33-60(53)70(65(55)62)46-23-7-4-8-24-46)68(44-21-5-3-6-22-44)57-31-16-12-27-50(57)51-28-13-17-32-58(51)68/h3-42H,1-2H3. The Hall–Kier alpha value is -8.50. The molecule has 334 valence electrons. The third-order valence-electron chi connectivity index (χ3n) is 16.0. The van der Waals surface area contributed by atoms with Gasteiger partial charge >= 0.3 is 0 Å². The number of benzene rings is 11. The van der Waals surface area contributed by atoms with Gasteiger partial charge in [0.25, 0.3) is 0 Å². The third kappa shape index (κ3) is 5.53. The number of rotatable bonds is 6. The SMILES string of the molecule is CC1(C)c2ccccc2-c2ccc(N(c3cccc4sc5c6ccccc6ccc5c34)c3cc(C4(c5ccccc5)c5ccccc5-c5ccccc54)cc4c5ccccc5n(-c5ccccc5)c34)cc21. The smallest absolute Gasteiger partial charge is 0.0782 e. The predicted molar refractivity (Wildman–Crippen MR) is 301 cm³/mol. The normalized spacial score (nSPS) is 14.0. The molecule has 0 spiro atoms. The fourth-order valence-corrected chi connectivity index (χ4v) is 14.2. The number of fused-ring (bicyclic) bond motifs is 14. The van der Waals surface area contributed by atoms with Crippen molar-refractivity contribution in [3.63, 3.8) is 0 Å². The molecule has 0 aliphatic heterocycles. The Labute approximate surface area is 417 Å². The number of hydrogen-bond acceptors (Lipinski definition) is 2. The molecular weight excluding hydrogens is 877 g/mol. The number of nitrogens with zero attached hydrogens (tertiary/aromatic N) is 2. The molecule has 0 fully saturated rings. The molecule has 0 unspecified atom stereocenters. The van der Waals surface area contributed by atoms with Gasteiger partial charge in [-0.15, -0.1) is 11.3 Å². The average molecular weight is 923 g/mol. The van der Waals surface area contributed by atoms with Gasteiger partial charge < -0.3 is 9.47 Å². The lowest BCUT2D eigenvalue weighted by atomic mass is 9.67. The molecule has 3 heteroatoms. The zero-order valence-electron chi connectivity index (χ0n) is 39.4. The van der Waals surface area contributed by atoms with E-state index in [2.05, 4.69) is 266 Å². The van der Waals surface area contributed by atoms with Gasteiger partial charge in [-0.05, 0) is 121 Å². The van der Waals surface area contributed by atoms with Crippen molar-refractivity contribution in [2.75, 3.05) is 4.90 Å². The van der Waals surface area contributed by atoms with Crippen LogP contribution in [-0.4, -0.2) is 4.57 Å². The molecule has 13 aromatic rings. The molecule has 11 aromatic carbocycles. The van der Waals surface area contributed by atoms with Crippen LogP contribution in [0.5, 0.6) is 0 Å². The van der Waals surface area contributed by atoms with Gasteiger partial charge in [-0.2, -0.15) is 0 Å².